The standard InChI is InChI=1S/C17H18FNO2/c1-19(13-16-6-4-10-21-16)12-15-8-7-14(11-17(15)18)5-2-3-9-20/h4,6-8,10-11,20H,3,9,12-13H2,1H3. The Hall–Kier alpha value is -2.09. The molecule has 0 amide bonds. The first kappa shape index (κ1) is 15.3. The number of hydrogen-bond acceptors (Lipinski definition) is 3. The molecule has 110 valence electrons. The van der Waals surface area contributed by atoms with Crippen molar-refractivity contribution in [3.05, 3.63) is 59.3 Å². The zero-order valence-electron chi connectivity index (χ0n) is 12.0. The van der Waals surface area contributed by atoms with E-state index in [9.17, 15) is 4.39 Å². The summed E-state index contributed by atoms with van der Waals surface area (Å²) in [6.45, 7) is 1.15. The van der Waals surface area contributed by atoms with E-state index in [1.165, 1.54) is 6.07 Å². The molecule has 2 aromatic rings. The molecule has 3 nitrogen and oxygen atoms in total. The normalized spacial score (nSPS) is 10.5. The zero-order chi connectivity index (χ0) is 15.1. The van der Waals surface area contributed by atoms with E-state index in [2.05, 4.69) is 11.8 Å². The van der Waals surface area contributed by atoms with Crippen LogP contribution < -0.4 is 0 Å². The Balaban J connectivity index is 1.99. The van der Waals surface area contributed by atoms with Crippen molar-refractivity contribution in [1.82, 2.24) is 4.90 Å². The maximum absolute atomic E-state index is 14.0. The van der Waals surface area contributed by atoms with Crippen LogP contribution in [0.2, 0.25) is 0 Å². The highest BCUT2D eigenvalue weighted by atomic mass is 19.1. The van der Waals surface area contributed by atoms with Gasteiger partial charge in [-0.2, -0.15) is 0 Å². The van der Waals surface area contributed by atoms with E-state index in [1.807, 2.05) is 24.1 Å². The lowest BCUT2D eigenvalue weighted by Gasteiger charge is -2.15. The minimum Gasteiger partial charge on any atom is -0.468 e. The van der Waals surface area contributed by atoms with E-state index in [-0.39, 0.29) is 12.4 Å². The lowest BCUT2D eigenvalue weighted by molar-refractivity contribution is 0.284. The molecule has 1 aromatic heterocycles. The molecule has 1 aromatic carbocycles. The summed E-state index contributed by atoms with van der Waals surface area (Å²) in [5, 5.41) is 8.66. The molecule has 0 bridgehead atoms. The van der Waals surface area contributed by atoms with E-state index in [0.717, 1.165) is 5.76 Å². The largest absolute Gasteiger partial charge is 0.468 e. The maximum Gasteiger partial charge on any atom is 0.128 e. The number of aliphatic hydroxyl groups excluding tert-OH is 1. The summed E-state index contributed by atoms with van der Waals surface area (Å²) in [5.74, 6) is 6.19. The molecule has 0 atom stereocenters. The van der Waals surface area contributed by atoms with Crippen molar-refractivity contribution in [1.29, 1.82) is 0 Å². The third-order valence-corrected chi connectivity index (χ3v) is 2.97. The van der Waals surface area contributed by atoms with Crippen molar-refractivity contribution < 1.29 is 13.9 Å². The van der Waals surface area contributed by atoms with Gasteiger partial charge in [-0.25, -0.2) is 4.39 Å². The van der Waals surface area contributed by atoms with Crippen LogP contribution in [-0.4, -0.2) is 23.7 Å². The van der Waals surface area contributed by atoms with Crippen molar-refractivity contribution in [2.75, 3.05) is 13.7 Å². The molecule has 2 rings (SSSR count). The number of furan rings is 1. The van der Waals surface area contributed by atoms with E-state index in [0.29, 0.717) is 30.6 Å². The first-order chi connectivity index (χ1) is 10.2. The minimum atomic E-state index is -0.267. The monoisotopic (exact) mass is 287 g/mol. The van der Waals surface area contributed by atoms with E-state index in [1.54, 1.807) is 18.4 Å². The fourth-order valence-electron chi connectivity index (χ4n) is 1.99. The molecule has 0 aliphatic heterocycles. The lowest BCUT2D eigenvalue weighted by Crippen LogP contribution is -2.17. The fourth-order valence-corrected chi connectivity index (χ4v) is 1.99. The Morgan fingerprint density at radius 1 is 1.29 bits per heavy atom. The number of rotatable bonds is 5. The molecular weight excluding hydrogens is 269 g/mol. The van der Waals surface area contributed by atoms with Crippen LogP contribution in [0.1, 0.15) is 23.3 Å². The molecule has 0 fully saturated rings. The molecule has 4 heteroatoms. The Morgan fingerprint density at radius 3 is 2.81 bits per heavy atom. The molecular formula is C17H18FNO2. The van der Waals surface area contributed by atoms with Gasteiger partial charge in [0.1, 0.15) is 11.6 Å². The average molecular weight is 287 g/mol. The summed E-state index contributed by atoms with van der Waals surface area (Å²) >= 11 is 0. The second kappa shape index (κ2) is 7.63. The lowest BCUT2D eigenvalue weighted by atomic mass is 10.1. The summed E-state index contributed by atoms with van der Waals surface area (Å²) in [6, 6.07) is 8.71. The summed E-state index contributed by atoms with van der Waals surface area (Å²) in [7, 11) is 1.91. The SMILES string of the molecule is CN(Cc1ccco1)Cc1ccc(C#CCCO)cc1F. The van der Waals surface area contributed by atoms with Crippen LogP contribution in [0.4, 0.5) is 4.39 Å². The van der Waals surface area contributed by atoms with Gasteiger partial charge in [0.05, 0.1) is 19.4 Å². The third-order valence-electron chi connectivity index (χ3n) is 2.97. The van der Waals surface area contributed by atoms with Crippen molar-refractivity contribution in [3.63, 3.8) is 0 Å². The highest BCUT2D eigenvalue weighted by Gasteiger charge is 2.08. The van der Waals surface area contributed by atoms with E-state index >= 15 is 0 Å². The van der Waals surface area contributed by atoms with Crippen LogP contribution in [0.25, 0.3) is 0 Å². The topological polar surface area (TPSA) is 36.6 Å². The Labute approximate surface area is 124 Å². The quantitative estimate of drug-likeness (QED) is 0.859. The average Bonchev–Trinajstić information content (AvgIpc) is 2.95. The number of aliphatic hydroxyl groups is 1. The van der Waals surface area contributed by atoms with Crippen LogP contribution in [0.5, 0.6) is 0 Å². The van der Waals surface area contributed by atoms with Gasteiger partial charge < -0.3 is 9.52 Å². The van der Waals surface area contributed by atoms with Gasteiger partial charge in [0.2, 0.25) is 0 Å². The van der Waals surface area contributed by atoms with Crippen molar-refractivity contribution in [3.8, 4) is 11.8 Å². The third kappa shape index (κ3) is 4.75. The molecule has 0 spiro atoms. The van der Waals surface area contributed by atoms with Crippen LogP contribution >= 0.6 is 0 Å². The highest BCUT2D eigenvalue weighted by Crippen LogP contribution is 2.14. The molecule has 0 saturated carbocycles. The first-order valence-electron chi connectivity index (χ1n) is 6.78. The molecule has 1 heterocycles. The molecule has 0 aliphatic rings. The predicted molar refractivity (Wildman–Crippen MR) is 78.9 cm³/mol. The number of hydrogen-bond donors (Lipinski definition) is 1. The van der Waals surface area contributed by atoms with Gasteiger partial charge in [0, 0.05) is 24.1 Å². The molecule has 0 saturated heterocycles. The minimum absolute atomic E-state index is 0.0190. The van der Waals surface area contributed by atoms with Gasteiger partial charge in [0.25, 0.3) is 0 Å². The highest BCUT2D eigenvalue weighted by molar-refractivity contribution is 5.37. The number of benzene rings is 1. The summed E-state index contributed by atoms with van der Waals surface area (Å²) in [5.41, 5.74) is 1.25. The Kier molecular flexibility index (Phi) is 5.56. The van der Waals surface area contributed by atoms with Gasteiger partial charge in [-0.1, -0.05) is 17.9 Å². The van der Waals surface area contributed by atoms with Crippen LogP contribution in [-0.2, 0) is 13.1 Å². The van der Waals surface area contributed by atoms with Crippen LogP contribution in [0.3, 0.4) is 0 Å². The molecule has 0 radical (unpaired) electrons. The van der Waals surface area contributed by atoms with Crippen molar-refractivity contribution >= 4 is 0 Å². The van der Waals surface area contributed by atoms with Gasteiger partial charge in [-0.3, -0.25) is 4.90 Å². The second-order valence-corrected chi connectivity index (χ2v) is 4.83. The predicted octanol–water partition coefficient (Wildman–Crippen LogP) is 2.78. The summed E-state index contributed by atoms with van der Waals surface area (Å²) in [4.78, 5) is 1.98. The molecule has 21 heavy (non-hydrogen) atoms. The molecule has 1 N–H and O–H groups in total. The second-order valence-electron chi connectivity index (χ2n) is 4.83. The number of halogens is 1. The Bertz CT molecular complexity index is 626. The van der Waals surface area contributed by atoms with Crippen molar-refractivity contribution in [2.24, 2.45) is 0 Å². The van der Waals surface area contributed by atoms with Crippen LogP contribution in [0, 0.1) is 17.7 Å². The van der Waals surface area contributed by atoms with E-state index < -0.39 is 0 Å². The van der Waals surface area contributed by atoms with E-state index in [4.69, 9.17) is 9.52 Å². The zero-order valence-corrected chi connectivity index (χ0v) is 12.0. The van der Waals surface area contributed by atoms with Crippen molar-refractivity contribution in [2.45, 2.75) is 19.5 Å². The summed E-state index contributed by atoms with van der Waals surface area (Å²) < 4.78 is 19.3. The smallest absolute Gasteiger partial charge is 0.128 e. The van der Waals surface area contributed by atoms with Crippen LogP contribution in [0.15, 0.2) is 41.0 Å². The number of nitrogens with zero attached hydrogens (tertiary/aromatic N) is 1. The Morgan fingerprint density at radius 2 is 2.14 bits per heavy atom. The molecule has 0 unspecified atom stereocenters. The van der Waals surface area contributed by atoms with Gasteiger partial charge in [-0.15, -0.1) is 0 Å². The molecule has 0 aliphatic carbocycles. The maximum atomic E-state index is 14.0. The fraction of sp³-hybridized carbons (Fsp3) is 0.294. The van der Waals surface area contributed by atoms with Gasteiger partial charge >= 0.3 is 0 Å². The van der Waals surface area contributed by atoms with Gasteiger partial charge in [-0.05, 0) is 31.3 Å². The first-order valence-corrected chi connectivity index (χ1v) is 6.78. The van der Waals surface area contributed by atoms with Gasteiger partial charge in [0.15, 0.2) is 0 Å². The summed E-state index contributed by atoms with van der Waals surface area (Å²) in [6.07, 6.45) is 2.03.